The third-order valence-corrected chi connectivity index (χ3v) is 4.42. The topological polar surface area (TPSA) is 79.9 Å². The van der Waals surface area contributed by atoms with Crippen LogP contribution >= 0.6 is 11.8 Å². The van der Waals surface area contributed by atoms with Crippen LogP contribution in [0.15, 0.2) is 64.5 Å². The van der Waals surface area contributed by atoms with Crippen molar-refractivity contribution in [3.05, 3.63) is 76.3 Å². The Labute approximate surface area is 149 Å². The van der Waals surface area contributed by atoms with Gasteiger partial charge in [0.2, 0.25) is 5.95 Å². The summed E-state index contributed by atoms with van der Waals surface area (Å²) >= 11 is 1.54. The van der Waals surface area contributed by atoms with E-state index >= 15 is 0 Å². The molecule has 0 unspecified atom stereocenters. The molecular weight excluding hydrogens is 336 g/mol. The molecule has 0 bridgehead atoms. The molecule has 128 valence electrons. The Morgan fingerprint density at radius 2 is 2.04 bits per heavy atom. The van der Waals surface area contributed by atoms with Crippen LogP contribution in [-0.2, 0) is 12.3 Å². The molecule has 6 nitrogen and oxygen atoms in total. The van der Waals surface area contributed by atoms with Crippen LogP contribution in [0, 0.1) is 0 Å². The molecule has 3 aromatic rings. The molecule has 0 radical (unpaired) electrons. The van der Waals surface area contributed by atoms with E-state index in [0.717, 1.165) is 16.3 Å². The number of aromatic nitrogens is 3. The normalized spacial score (nSPS) is 10.4. The van der Waals surface area contributed by atoms with Crippen molar-refractivity contribution in [2.45, 2.75) is 17.3 Å². The molecule has 0 aliphatic rings. The summed E-state index contributed by atoms with van der Waals surface area (Å²) in [7, 11) is 1.63. The maximum atomic E-state index is 11.9. The summed E-state index contributed by atoms with van der Waals surface area (Å²) < 4.78 is 5.33. The van der Waals surface area contributed by atoms with E-state index in [4.69, 9.17) is 4.74 Å². The molecular formula is C18H18N4O2S. The van der Waals surface area contributed by atoms with Crippen LogP contribution in [0.3, 0.4) is 0 Å². The number of methoxy groups -OCH3 is 1. The average molecular weight is 354 g/mol. The van der Waals surface area contributed by atoms with E-state index in [1.807, 2.05) is 42.5 Å². The van der Waals surface area contributed by atoms with Crippen molar-refractivity contribution in [3.8, 4) is 5.75 Å². The van der Waals surface area contributed by atoms with Gasteiger partial charge in [-0.1, -0.05) is 24.3 Å². The van der Waals surface area contributed by atoms with Gasteiger partial charge in [0.25, 0.3) is 5.56 Å². The second-order valence-corrected chi connectivity index (χ2v) is 6.20. The lowest BCUT2D eigenvalue weighted by Gasteiger charge is -2.10. The average Bonchev–Trinajstić information content (AvgIpc) is 2.65. The molecule has 3 rings (SSSR count). The summed E-state index contributed by atoms with van der Waals surface area (Å²) in [5.41, 5.74) is 1.50. The number of rotatable bonds is 7. The van der Waals surface area contributed by atoms with Crippen molar-refractivity contribution in [2.24, 2.45) is 0 Å². The Kier molecular flexibility index (Phi) is 5.69. The van der Waals surface area contributed by atoms with E-state index in [-0.39, 0.29) is 5.56 Å². The second-order valence-electron chi connectivity index (χ2n) is 5.21. The Balaban J connectivity index is 1.68. The first kappa shape index (κ1) is 17.0. The van der Waals surface area contributed by atoms with Gasteiger partial charge in [0.15, 0.2) is 0 Å². The highest BCUT2D eigenvalue weighted by atomic mass is 32.2. The van der Waals surface area contributed by atoms with Crippen LogP contribution in [0.5, 0.6) is 5.75 Å². The highest BCUT2D eigenvalue weighted by molar-refractivity contribution is 7.98. The minimum Gasteiger partial charge on any atom is -0.496 e. The van der Waals surface area contributed by atoms with E-state index < -0.39 is 0 Å². The third kappa shape index (κ3) is 4.84. The van der Waals surface area contributed by atoms with E-state index in [1.54, 1.807) is 13.3 Å². The molecule has 2 N–H and O–H groups in total. The maximum absolute atomic E-state index is 11.9. The summed E-state index contributed by atoms with van der Waals surface area (Å²) in [6, 6.07) is 14.9. The van der Waals surface area contributed by atoms with Crippen LogP contribution in [0.2, 0.25) is 0 Å². The van der Waals surface area contributed by atoms with Crippen LogP contribution in [-0.4, -0.2) is 22.1 Å². The predicted molar refractivity (Wildman–Crippen MR) is 99.0 cm³/mol. The van der Waals surface area contributed by atoms with Crippen molar-refractivity contribution in [1.29, 1.82) is 0 Å². The van der Waals surface area contributed by atoms with E-state index in [9.17, 15) is 4.79 Å². The van der Waals surface area contributed by atoms with Crippen LogP contribution in [0.4, 0.5) is 5.95 Å². The zero-order valence-electron chi connectivity index (χ0n) is 13.7. The van der Waals surface area contributed by atoms with Gasteiger partial charge in [-0.15, -0.1) is 11.8 Å². The van der Waals surface area contributed by atoms with Gasteiger partial charge in [-0.25, -0.2) is 9.97 Å². The van der Waals surface area contributed by atoms with Crippen molar-refractivity contribution < 1.29 is 4.74 Å². The molecule has 0 amide bonds. The molecule has 0 aliphatic heterocycles. The fourth-order valence-electron chi connectivity index (χ4n) is 2.27. The standard InChI is InChI=1S/C18H18N4O2S/c1-24-15-7-3-2-6-13(15)11-20-18-21-14(10-16(23)22-18)12-25-17-8-4-5-9-19-17/h2-10H,11-12H2,1H3,(H2,20,21,22,23). The Morgan fingerprint density at radius 1 is 1.20 bits per heavy atom. The van der Waals surface area contributed by atoms with Gasteiger partial charge in [-0.05, 0) is 18.2 Å². The van der Waals surface area contributed by atoms with Gasteiger partial charge in [0.05, 0.1) is 17.8 Å². The first-order chi connectivity index (χ1) is 12.2. The summed E-state index contributed by atoms with van der Waals surface area (Å²) in [5.74, 6) is 1.80. The molecule has 0 saturated carbocycles. The number of pyridine rings is 1. The maximum Gasteiger partial charge on any atom is 0.252 e. The largest absolute Gasteiger partial charge is 0.496 e. The quantitative estimate of drug-likeness (QED) is 0.635. The van der Waals surface area contributed by atoms with Crippen LogP contribution in [0.1, 0.15) is 11.3 Å². The molecule has 0 spiro atoms. The van der Waals surface area contributed by atoms with E-state index in [2.05, 4.69) is 20.3 Å². The second kappa shape index (κ2) is 8.34. The Bertz CT molecular complexity index is 883. The predicted octanol–water partition coefficient (Wildman–Crippen LogP) is 3.08. The van der Waals surface area contributed by atoms with Gasteiger partial charge in [-0.3, -0.25) is 9.78 Å². The van der Waals surface area contributed by atoms with Gasteiger partial charge >= 0.3 is 0 Å². The number of hydrogen-bond donors (Lipinski definition) is 2. The summed E-state index contributed by atoms with van der Waals surface area (Å²) in [6.45, 7) is 0.504. The number of hydrogen-bond acceptors (Lipinski definition) is 6. The van der Waals surface area contributed by atoms with Gasteiger partial charge in [0, 0.05) is 30.1 Å². The fraction of sp³-hybridized carbons (Fsp3) is 0.167. The number of nitrogens with one attached hydrogen (secondary N) is 2. The first-order valence-corrected chi connectivity index (χ1v) is 8.73. The lowest BCUT2D eigenvalue weighted by molar-refractivity contribution is 0.410. The molecule has 1 aromatic carbocycles. The smallest absolute Gasteiger partial charge is 0.252 e. The molecule has 2 aromatic heterocycles. The number of ether oxygens (including phenoxy) is 1. The van der Waals surface area contributed by atoms with E-state index in [1.165, 1.54) is 17.8 Å². The molecule has 0 atom stereocenters. The number of H-pyrrole nitrogens is 1. The molecule has 0 fully saturated rings. The molecule has 25 heavy (non-hydrogen) atoms. The molecule has 7 heteroatoms. The van der Waals surface area contributed by atoms with Gasteiger partial charge < -0.3 is 10.1 Å². The van der Waals surface area contributed by atoms with Crippen molar-refractivity contribution in [3.63, 3.8) is 0 Å². The van der Waals surface area contributed by atoms with Crippen molar-refractivity contribution >= 4 is 17.7 Å². The molecule has 2 heterocycles. The third-order valence-electron chi connectivity index (χ3n) is 3.44. The summed E-state index contributed by atoms with van der Waals surface area (Å²) in [6.07, 6.45) is 1.74. The Hall–Kier alpha value is -2.80. The number of para-hydroxylation sites is 1. The minimum absolute atomic E-state index is 0.186. The minimum atomic E-state index is -0.186. The van der Waals surface area contributed by atoms with Crippen molar-refractivity contribution in [2.75, 3.05) is 12.4 Å². The lowest BCUT2D eigenvalue weighted by atomic mass is 10.2. The summed E-state index contributed by atoms with van der Waals surface area (Å²) in [5, 5.41) is 4.04. The van der Waals surface area contributed by atoms with E-state index in [0.29, 0.717) is 23.9 Å². The number of thioether (sulfide) groups is 1. The van der Waals surface area contributed by atoms with Crippen LogP contribution in [0.25, 0.3) is 0 Å². The fourth-order valence-corrected chi connectivity index (χ4v) is 3.03. The van der Waals surface area contributed by atoms with Gasteiger partial charge in [0.1, 0.15) is 5.75 Å². The number of nitrogens with zero attached hydrogens (tertiary/aromatic N) is 2. The monoisotopic (exact) mass is 354 g/mol. The van der Waals surface area contributed by atoms with Crippen molar-refractivity contribution in [1.82, 2.24) is 15.0 Å². The SMILES string of the molecule is COc1ccccc1CNc1nc(CSc2ccccn2)cc(=O)[nH]1. The van der Waals surface area contributed by atoms with Gasteiger partial charge in [-0.2, -0.15) is 0 Å². The molecule has 0 saturated heterocycles. The first-order valence-electron chi connectivity index (χ1n) is 7.74. The zero-order chi connectivity index (χ0) is 17.5. The number of aromatic amines is 1. The summed E-state index contributed by atoms with van der Waals surface area (Å²) in [4.78, 5) is 23.3. The Morgan fingerprint density at radius 3 is 2.84 bits per heavy atom. The molecule has 0 aliphatic carbocycles. The van der Waals surface area contributed by atoms with Crippen LogP contribution < -0.4 is 15.6 Å². The highest BCUT2D eigenvalue weighted by Crippen LogP contribution is 2.20. The lowest BCUT2D eigenvalue weighted by Crippen LogP contribution is -2.14. The number of benzene rings is 1. The zero-order valence-corrected chi connectivity index (χ0v) is 14.5. The highest BCUT2D eigenvalue weighted by Gasteiger charge is 2.05. The number of anilines is 1.